The third-order valence-electron chi connectivity index (χ3n) is 7.19. The van der Waals surface area contributed by atoms with Crippen molar-refractivity contribution >= 4 is 33.9 Å². The fourth-order valence-corrected chi connectivity index (χ4v) is 4.89. The molecule has 0 unspecified atom stereocenters. The van der Waals surface area contributed by atoms with Gasteiger partial charge in [0.05, 0.1) is 35.6 Å². The Bertz CT molecular complexity index is 1700. The number of furan rings is 1. The summed E-state index contributed by atoms with van der Waals surface area (Å²) in [6, 6.07) is 9.98. The molecule has 0 saturated heterocycles. The molecule has 4 N–H and O–H groups in total. The number of nitrogens with zero attached hydrogens (tertiary/aromatic N) is 3. The lowest BCUT2D eigenvalue weighted by Gasteiger charge is -2.24. The van der Waals surface area contributed by atoms with E-state index in [1.54, 1.807) is 24.9 Å². The van der Waals surface area contributed by atoms with Crippen LogP contribution in [0.25, 0.3) is 39.1 Å². The predicted octanol–water partition coefficient (Wildman–Crippen LogP) is 5.76. The Morgan fingerprint density at radius 2 is 2.03 bits per heavy atom. The molecule has 1 aromatic carbocycles. The third-order valence-corrected chi connectivity index (χ3v) is 7.19. The van der Waals surface area contributed by atoms with Gasteiger partial charge in [0.2, 0.25) is 5.91 Å². The standard InChI is InChI=1S/C29H25N7O2/c37-29(17-4-3-5-17)32-21-12-20(14-30-15-21)18-7-8-24-23(13-18)26(36-35-24)28-33-25-22(19-9-11-38-16-19)6-1-2-10-31-27(25)34-28/h1-2,6-9,11-17,31H,3-5,10H2,(H,32,37)(H,33,34)(H,35,36)/b2-1-,22-6-. The van der Waals surface area contributed by atoms with Gasteiger partial charge in [-0.2, -0.15) is 5.10 Å². The molecule has 0 atom stereocenters. The zero-order valence-electron chi connectivity index (χ0n) is 20.5. The highest BCUT2D eigenvalue weighted by Gasteiger charge is 2.25. The summed E-state index contributed by atoms with van der Waals surface area (Å²) in [6.45, 7) is 0.665. The van der Waals surface area contributed by atoms with Crippen molar-refractivity contribution in [2.24, 2.45) is 5.92 Å². The summed E-state index contributed by atoms with van der Waals surface area (Å²) in [5.74, 6) is 1.60. The van der Waals surface area contributed by atoms with Gasteiger partial charge < -0.3 is 20.0 Å². The summed E-state index contributed by atoms with van der Waals surface area (Å²) < 4.78 is 5.33. The van der Waals surface area contributed by atoms with E-state index in [2.05, 4.69) is 42.9 Å². The molecule has 1 aliphatic carbocycles. The number of nitrogens with one attached hydrogen (secondary N) is 4. The van der Waals surface area contributed by atoms with E-state index in [4.69, 9.17) is 9.40 Å². The average Bonchev–Trinajstić information content (AvgIpc) is 3.63. The summed E-state index contributed by atoms with van der Waals surface area (Å²) in [5, 5.41) is 15.1. The lowest BCUT2D eigenvalue weighted by Crippen LogP contribution is -2.28. The second-order valence-corrected chi connectivity index (χ2v) is 9.62. The van der Waals surface area contributed by atoms with Gasteiger partial charge in [-0.3, -0.25) is 14.9 Å². The molecule has 1 fully saturated rings. The zero-order valence-corrected chi connectivity index (χ0v) is 20.5. The summed E-state index contributed by atoms with van der Waals surface area (Å²) in [5.41, 5.74) is 7.01. The van der Waals surface area contributed by atoms with Crippen LogP contribution in [0.3, 0.4) is 0 Å². The highest BCUT2D eigenvalue weighted by molar-refractivity contribution is 5.96. The Kier molecular flexibility index (Phi) is 5.39. The van der Waals surface area contributed by atoms with Crippen LogP contribution in [0.2, 0.25) is 0 Å². The molecule has 1 aliphatic heterocycles. The van der Waals surface area contributed by atoms with Crippen LogP contribution < -0.4 is 10.6 Å². The van der Waals surface area contributed by atoms with Gasteiger partial charge in [-0.1, -0.05) is 30.7 Å². The number of pyridine rings is 1. The van der Waals surface area contributed by atoms with E-state index in [0.29, 0.717) is 18.1 Å². The number of benzene rings is 1. The maximum Gasteiger partial charge on any atom is 0.227 e. The SMILES string of the molecule is O=C(Nc1cncc(-c2ccc3[nH]nc(-c4nc5c([nH]4)/C(c4ccoc4)=C\C=C/CN5)c3c2)c1)C1CCC1. The molecule has 5 heterocycles. The highest BCUT2D eigenvalue weighted by Crippen LogP contribution is 2.35. The van der Waals surface area contributed by atoms with Crippen molar-refractivity contribution < 1.29 is 9.21 Å². The third kappa shape index (κ3) is 3.98. The van der Waals surface area contributed by atoms with Crippen molar-refractivity contribution in [3.63, 3.8) is 0 Å². The van der Waals surface area contributed by atoms with Crippen molar-refractivity contribution in [1.29, 1.82) is 0 Å². The molecule has 0 spiro atoms. The van der Waals surface area contributed by atoms with Crippen LogP contribution in [0.15, 0.2) is 77.9 Å². The number of fused-ring (bicyclic) bond motifs is 2. The Morgan fingerprint density at radius 1 is 1.08 bits per heavy atom. The molecule has 4 aromatic heterocycles. The minimum atomic E-state index is 0.0730. The Hall–Kier alpha value is -4.92. The van der Waals surface area contributed by atoms with E-state index in [1.807, 2.05) is 36.4 Å². The molecule has 5 aromatic rings. The zero-order chi connectivity index (χ0) is 25.5. The van der Waals surface area contributed by atoms with Gasteiger partial charge >= 0.3 is 0 Å². The van der Waals surface area contributed by atoms with Crippen LogP contribution in [-0.4, -0.2) is 37.6 Å². The van der Waals surface area contributed by atoms with Crippen molar-refractivity contribution in [3.05, 3.63) is 84.7 Å². The largest absolute Gasteiger partial charge is 0.472 e. The van der Waals surface area contributed by atoms with Crippen LogP contribution in [-0.2, 0) is 4.79 Å². The van der Waals surface area contributed by atoms with Crippen LogP contribution in [0.5, 0.6) is 0 Å². The maximum absolute atomic E-state index is 12.4. The number of hydrogen-bond donors (Lipinski definition) is 4. The number of rotatable bonds is 5. The summed E-state index contributed by atoms with van der Waals surface area (Å²) >= 11 is 0. The lowest BCUT2D eigenvalue weighted by atomic mass is 9.85. The van der Waals surface area contributed by atoms with Crippen LogP contribution in [0, 0.1) is 5.92 Å². The molecule has 2 aliphatic rings. The van der Waals surface area contributed by atoms with Gasteiger partial charge in [0.1, 0.15) is 5.69 Å². The van der Waals surface area contributed by atoms with Gasteiger partial charge in [-0.05, 0) is 42.7 Å². The molecule has 9 heteroatoms. The van der Waals surface area contributed by atoms with Gasteiger partial charge in [-0.25, -0.2) is 4.98 Å². The van der Waals surface area contributed by atoms with Gasteiger partial charge in [0.15, 0.2) is 11.6 Å². The number of H-pyrrole nitrogens is 2. The van der Waals surface area contributed by atoms with E-state index >= 15 is 0 Å². The first-order valence-electron chi connectivity index (χ1n) is 12.7. The molecule has 1 saturated carbocycles. The first-order chi connectivity index (χ1) is 18.7. The molecule has 188 valence electrons. The van der Waals surface area contributed by atoms with E-state index in [9.17, 15) is 4.79 Å². The van der Waals surface area contributed by atoms with E-state index in [0.717, 1.165) is 69.6 Å². The van der Waals surface area contributed by atoms with Crippen molar-refractivity contribution in [1.82, 2.24) is 25.1 Å². The summed E-state index contributed by atoms with van der Waals surface area (Å²) in [4.78, 5) is 25.2. The smallest absolute Gasteiger partial charge is 0.227 e. The first-order valence-corrected chi connectivity index (χ1v) is 12.7. The summed E-state index contributed by atoms with van der Waals surface area (Å²) in [7, 11) is 0. The number of amides is 1. The average molecular weight is 504 g/mol. The Balaban J connectivity index is 1.25. The minimum absolute atomic E-state index is 0.0730. The molecule has 38 heavy (non-hydrogen) atoms. The second-order valence-electron chi connectivity index (χ2n) is 9.62. The number of aromatic amines is 2. The monoisotopic (exact) mass is 503 g/mol. The van der Waals surface area contributed by atoms with Crippen molar-refractivity contribution in [2.75, 3.05) is 17.2 Å². The Labute approximate surface area is 218 Å². The number of aromatic nitrogens is 5. The molecule has 0 radical (unpaired) electrons. The number of hydrogen-bond acceptors (Lipinski definition) is 6. The maximum atomic E-state index is 12.4. The number of allylic oxidation sites excluding steroid dienone is 2. The van der Waals surface area contributed by atoms with Crippen LogP contribution in [0.4, 0.5) is 11.5 Å². The van der Waals surface area contributed by atoms with E-state index in [1.165, 1.54) is 0 Å². The predicted molar refractivity (Wildman–Crippen MR) is 146 cm³/mol. The molecule has 7 rings (SSSR count). The second kappa shape index (κ2) is 9.19. The quantitative estimate of drug-likeness (QED) is 0.242. The number of carbonyl (C=O) groups is 1. The molecule has 0 bridgehead atoms. The Morgan fingerprint density at radius 3 is 2.87 bits per heavy atom. The highest BCUT2D eigenvalue weighted by atomic mass is 16.3. The first kappa shape index (κ1) is 22.3. The topological polar surface area (TPSA) is 125 Å². The van der Waals surface area contributed by atoms with Crippen LogP contribution in [0.1, 0.15) is 30.5 Å². The van der Waals surface area contributed by atoms with Gasteiger partial charge in [-0.15, -0.1) is 0 Å². The number of imidazole rings is 1. The molecular formula is C29H25N7O2. The van der Waals surface area contributed by atoms with Crippen molar-refractivity contribution in [2.45, 2.75) is 19.3 Å². The van der Waals surface area contributed by atoms with Crippen LogP contribution >= 0.6 is 0 Å². The molecule has 9 nitrogen and oxygen atoms in total. The fraction of sp³-hybridized carbons (Fsp3) is 0.172. The number of carbonyl (C=O) groups excluding carboxylic acids is 1. The number of anilines is 2. The fourth-order valence-electron chi connectivity index (χ4n) is 4.89. The molecular weight excluding hydrogens is 478 g/mol. The van der Waals surface area contributed by atoms with Gasteiger partial charge in [0, 0.05) is 40.7 Å². The van der Waals surface area contributed by atoms with Crippen molar-refractivity contribution in [3.8, 4) is 22.6 Å². The lowest BCUT2D eigenvalue weighted by molar-refractivity contribution is -0.122. The van der Waals surface area contributed by atoms with E-state index < -0.39 is 0 Å². The molecule has 1 amide bonds. The summed E-state index contributed by atoms with van der Waals surface area (Å²) in [6.07, 6.45) is 16.0. The van der Waals surface area contributed by atoms with E-state index in [-0.39, 0.29) is 11.8 Å². The van der Waals surface area contributed by atoms with Gasteiger partial charge in [0.25, 0.3) is 0 Å². The minimum Gasteiger partial charge on any atom is -0.472 e. The normalized spacial score (nSPS) is 17.4.